The van der Waals surface area contributed by atoms with Gasteiger partial charge in [-0.2, -0.15) is 0 Å². The Kier molecular flexibility index (Phi) is 7.74. The van der Waals surface area contributed by atoms with E-state index in [2.05, 4.69) is 27.2 Å². The molecule has 0 saturated carbocycles. The minimum atomic E-state index is -0.550. The molecule has 0 aromatic carbocycles. The number of fused-ring (bicyclic) bond motifs is 2. The molecule has 0 spiro atoms. The molecule has 0 aliphatic carbocycles. The lowest BCUT2D eigenvalue weighted by molar-refractivity contribution is -0.124. The molecule has 1 unspecified atom stereocenters. The molecule has 1 atom stereocenters. The highest BCUT2D eigenvalue weighted by molar-refractivity contribution is 7.19. The van der Waals surface area contributed by atoms with Crippen molar-refractivity contribution in [1.29, 1.82) is 0 Å². The van der Waals surface area contributed by atoms with E-state index < -0.39 is 6.04 Å². The van der Waals surface area contributed by atoms with E-state index in [9.17, 15) is 9.59 Å². The second-order valence-corrected chi connectivity index (χ2v) is 9.30. The van der Waals surface area contributed by atoms with E-state index in [0.29, 0.717) is 49.6 Å². The summed E-state index contributed by atoms with van der Waals surface area (Å²) >= 11 is 1.63. The molecule has 9 heteroatoms. The quantitative estimate of drug-likeness (QED) is 0.314. The Labute approximate surface area is 202 Å². The van der Waals surface area contributed by atoms with Crippen LogP contribution >= 0.6 is 11.3 Å². The van der Waals surface area contributed by atoms with Gasteiger partial charge in [-0.1, -0.05) is 13.5 Å². The number of aromatic nitrogens is 3. The zero-order valence-corrected chi connectivity index (χ0v) is 20.1. The number of anilines is 1. The van der Waals surface area contributed by atoms with Crippen LogP contribution in [-0.2, 0) is 22.5 Å². The summed E-state index contributed by atoms with van der Waals surface area (Å²) in [7, 11) is 0. The molecule has 2 N–H and O–H groups in total. The number of hydrogen-bond donors (Lipinski definition) is 2. The Morgan fingerprint density at radius 1 is 1.41 bits per heavy atom. The molecule has 1 aliphatic rings. The van der Waals surface area contributed by atoms with Gasteiger partial charge in [-0.15, -0.1) is 11.3 Å². The van der Waals surface area contributed by atoms with E-state index in [0.717, 1.165) is 27.8 Å². The number of pyridine rings is 1. The highest BCUT2D eigenvalue weighted by Crippen LogP contribution is 2.26. The van der Waals surface area contributed by atoms with Gasteiger partial charge in [-0.05, 0) is 37.5 Å². The topological polar surface area (TPSA) is 98.1 Å². The number of allylic oxidation sites excluding steroid dienone is 2. The Bertz CT molecular complexity index is 1230. The molecule has 8 nitrogen and oxygen atoms in total. The molecular formula is C25H29N5O3S. The van der Waals surface area contributed by atoms with E-state index in [1.807, 2.05) is 31.3 Å². The summed E-state index contributed by atoms with van der Waals surface area (Å²) in [5.41, 5.74) is 0.189. The predicted octanol–water partition coefficient (Wildman–Crippen LogP) is 4.30. The van der Waals surface area contributed by atoms with Gasteiger partial charge >= 0.3 is 0 Å². The third-order valence-electron chi connectivity index (χ3n) is 5.64. The van der Waals surface area contributed by atoms with Gasteiger partial charge in [0.05, 0.1) is 24.8 Å². The Hall–Kier alpha value is -3.46. The van der Waals surface area contributed by atoms with Crippen molar-refractivity contribution < 1.29 is 9.53 Å². The fourth-order valence-electron chi connectivity index (χ4n) is 3.90. The number of ether oxygens (including phenoxy) is 1. The van der Waals surface area contributed by atoms with Crippen LogP contribution in [-0.4, -0.2) is 27.0 Å². The molecule has 3 aromatic rings. The third-order valence-corrected chi connectivity index (χ3v) is 6.76. The molecule has 4 heterocycles. The Morgan fingerprint density at radius 3 is 3.12 bits per heavy atom. The van der Waals surface area contributed by atoms with Crippen LogP contribution < -0.4 is 16.2 Å². The zero-order valence-electron chi connectivity index (χ0n) is 19.3. The number of aryl methyl sites for hydroxylation is 1. The predicted molar refractivity (Wildman–Crippen MR) is 135 cm³/mol. The molecule has 1 amide bonds. The van der Waals surface area contributed by atoms with Crippen molar-refractivity contribution in [2.45, 2.75) is 51.6 Å². The maximum absolute atomic E-state index is 13.1. The first-order valence-electron chi connectivity index (χ1n) is 11.5. The van der Waals surface area contributed by atoms with Crippen molar-refractivity contribution in [3.05, 3.63) is 76.5 Å². The maximum atomic E-state index is 13.1. The van der Waals surface area contributed by atoms with Gasteiger partial charge in [0.15, 0.2) is 0 Å². The Balaban J connectivity index is 1.34. The highest BCUT2D eigenvalue weighted by Gasteiger charge is 2.31. The van der Waals surface area contributed by atoms with Crippen molar-refractivity contribution in [1.82, 2.24) is 19.9 Å². The standard InChI is InChI=1S/C25H29N5O3S/c1-3-4-12-33-17(2)6-5-10-27-20-16-28-23-8-7-21(30(23)25(20)32)24(31)29-15-19-13-18-14-26-11-9-22(18)34-19/h4,9,11-14,16,21,27H,2-3,5-8,10,15H2,1H3,(H,29,31)/b12-4-. The lowest BCUT2D eigenvalue weighted by Crippen LogP contribution is -2.36. The average Bonchev–Trinajstić information content (AvgIpc) is 3.46. The summed E-state index contributed by atoms with van der Waals surface area (Å²) in [4.78, 5) is 35.6. The van der Waals surface area contributed by atoms with Crippen molar-refractivity contribution in [2.75, 3.05) is 11.9 Å². The number of hydrogen-bond acceptors (Lipinski definition) is 7. The molecule has 3 aromatic heterocycles. The molecule has 0 bridgehead atoms. The lowest BCUT2D eigenvalue weighted by atomic mass is 10.2. The van der Waals surface area contributed by atoms with Gasteiger partial charge in [0.25, 0.3) is 5.56 Å². The van der Waals surface area contributed by atoms with Gasteiger partial charge in [0.2, 0.25) is 5.91 Å². The van der Waals surface area contributed by atoms with E-state index in [1.54, 1.807) is 30.0 Å². The second kappa shape index (κ2) is 11.1. The minimum Gasteiger partial charge on any atom is -0.470 e. The van der Waals surface area contributed by atoms with Crippen LogP contribution in [0.1, 0.15) is 49.4 Å². The van der Waals surface area contributed by atoms with Crippen LogP contribution in [0.15, 0.2) is 60.2 Å². The van der Waals surface area contributed by atoms with Gasteiger partial charge in [-0.3, -0.25) is 19.1 Å². The first-order valence-corrected chi connectivity index (χ1v) is 12.3. The summed E-state index contributed by atoms with van der Waals surface area (Å²) in [6.45, 7) is 6.92. The van der Waals surface area contributed by atoms with E-state index >= 15 is 0 Å². The normalized spacial score (nSPS) is 14.9. The monoisotopic (exact) mass is 479 g/mol. The molecule has 1 aliphatic heterocycles. The van der Waals surface area contributed by atoms with Gasteiger partial charge < -0.3 is 15.4 Å². The molecular weight excluding hydrogens is 450 g/mol. The summed E-state index contributed by atoms with van der Waals surface area (Å²) in [6.07, 6.45) is 12.2. The zero-order chi connectivity index (χ0) is 23.9. The van der Waals surface area contributed by atoms with Gasteiger partial charge in [0.1, 0.15) is 17.6 Å². The van der Waals surface area contributed by atoms with Crippen molar-refractivity contribution >= 4 is 33.0 Å². The fourth-order valence-corrected chi connectivity index (χ4v) is 4.87. The molecule has 34 heavy (non-hydrogen) atoms. The lowest BCUT2D eigenvalue weighted by Gasteiger charge is -2.15. The molecule has 4 rings (SSSR count). The van der Waals surface area contributed by atoms with E-state index in [1.165, 1.54) is 4.57 Å². The van der Waals surface area contributed by atoms with Crippen LogP contribution in [0.5, 0.6) is 0 Å². The second-order valence-electron chi connectivity index (χ2n) is 8.13. The molecule has 0 radical (unpaired) electrons. The number of thiophene rings is 1. The largest absolute Gasteiger partial charge is 0.470 e. The number of carbonyl (C=O) groups is 1. The maximum Gasteiger partial charge on any atom is 0.277 e. The molecule has 178 valence electrons. The van der Waals surface area contributed by atoms with Crippen molar-refractivity contribution in [3.63, 3.8) is 0 Å². The van der Waals surface area contributed by atoms with Crippen LogP contribution in [0.25, 0.3) is 10.1 Å². The van der Waals surface area contributed by atoms with E-state index in [4.69, 9.17) is 4.74 Å². The van der Waals surface area contributed by atoms with Crippen LogP contribution in [0.3, 0.4) is 0 Å². The highest BCUT2D eigenvalue weighted by atomic mass is 32.1. The SMILES string of the molecule is C=C(CCCNc1cnc2n(c1=O)C(C(=O)NCc1cc3cnccc3s1)CC2)O/C=C\CC. The average molecular weight is 480 g/mol. The number of rotatable bonds is 11. The summed E-state index contributed by atoms with van der Waals surface area (Å²) in [5.74, 6) is 1.17. The smallest absolute Gasteiger partial charge is 0.277 e. The van der Waals surface area contributed by atoms with Crippen molar-refractivity contribution in [3.8, 4) is 0 Å². The van der Waals surface area contributed by atoms with Crippen LogP contribution in [0.4, 0.5) is 5.69 Å². The summed E-state index contributed by atoms with van der Waals surface area (Å²) in [5, 5.41) is 7.20. The molecule has 0 saturated heterocycles. The van der Waals surface area contributed by atoms with Gasteiger partial charge in [0, 0.05) is 46.7 Å². The number of amides is 1. The number of carbonyl (C=O) groups excluding carboxylic acids is 1. The first kappa shape index (κ1) is 23.7. The van der Waals surface area contributed by atoms with Crippen LogP contribution in [0.2, 0.25) is 0 Å². The first-order chi connectivity index (χ1) is 16.6. The van der Waals surface area contributed by atoms with E-state index in [-0.39, 0.29) is 11.5 Å². The van der Waals surface area contributed by atoms with Crippen LogP contribution in [0, 0.1) is 0 Å². The minimum absolute atomic E-state index is 0.163. The summed E-state index contributed by atoms with van der Waals surface area (Å²) < 4.78 is 8.07. The third kappa shape index (κ3) is 5.53. The van der Waals surface area contributed by atoms with Gasteiger partial charge in [-0.25, -0.2) is 4.98 Å². The Morgan fingerprint density at radius 2 is 2.29 bits per heavy atom. The van der Waals surface area contributed by atoms with Crippen molar-refractivity contribution in [2.24, 2.45) is 0 Å². The fraction of sp³-hybridized carbons (Fsp3) is 0.360. The number of nitrogens with zero attached hydrogens (tertiary/aromatic N) is 3. The number of nitrogens with one attached hydrogen (secondary N) is 2. The molecule has 0 fully saturated rings. The summed E-state index contributed by atoms with van der Waals surface area (Å²) in [6, 6.07) is 3.45.